The summed E-state index contributed by atoms with van der Waals surface area (Å²) in [6.45, 7) is 2.39. The molecular weight excluding hydrogens is 735 g/mol. The maximum atomic E-state index is 2.50. The van der Waals surface area contributed by atoms with Gasteiger partial charge in [0, 0.05) is 22.2 Å². The van der Waals surface area contributed by atoms with Crippen LogP contribution >= 0.6 is 0 Å². The summed E-state index contributed by atoms with van der Waals surface area (Å²) in [5.74, 6) is 0. The van der Waals surface area contributed by atoms with Crippen LogP contribution in [0.1, 0.15) is 23.6 Å². The molecule has 0 heterocycles. The number of rotatable bonds is 6. The zero-order chi connectivity index (χ0) is 40.5. The van der Waals surface area contributed by atoms with E-state index in [2.05, 4.69) is 242 Å². The molecule has 0 saturated heterocycles. The summed E-state index contributed by atoms with van der Waals surface area (Å²) in [6, 6.07) is 85.2. The highest BCUT2D eigenvalue weighted by Gasteiger charge is 2.41. The summed E-state index contributed by atoms with van der Waals surface area (Å²) in [4.78, 5) is 2.50. The second kappa shape index (κ2) is 13.9. The van der Waals surface area contributed by atoms with E-state index in [4.69, 9.17) is 0 Å². The molecule has 1 heteroatoms. The van der Waals surface area contributed by atoms with Crippen LogP contribution in [0, 0.1) is 0 Å². The van der Waals surface area contributed by atoms with Crippen molar-refractivity contribution in [1.29, 1.82) is 0 Å². The van der Waals surface area contributed by atoms with Crippen LogP contribution < -0.4 is 4.90 Å². The highest BCUT2D eigenvalue weighted by molar-refractivity contribution is 6.22. The first-order valence-electron chi connectivity index (χ1n) is 21.3. The van der Waals surface area contributed by atoms with Crippen molar-refractivity contribution >= 4 is 60.2 Å². The average Bonchev–Trinajstić information content (AvgIpc) is 3.59. The maximum Gasteiger partial charge on any atom is 0.0540 e. The summed E-state index contributed by atoms with van der Waals surface area (Å²) >= 11 is 0. The molecule has 0 aromatic heterocycles. The van der Waals surface area contributed by atoms with Crippen molar-refractivity contribution in [3.63, 3.8) is 0 Å². The summed E-state index contributed by atoms with van der Waals surface area (Å²) in [5, 5.41) is 9.92. The first-order chi connectivity index (χ1) is 30.2. The Kier molecular flexibility index (Phi) is 8.05. The Hall–Kier alpha value is -7.74. The molecule has 0 bridgehead atoms. The van der Waals surface area contributed by atoms with Crippen LogP contribution in [-0.4, -0.2) is 0 Å². The molecule has 0 fully saturated rings. The third-order valence-electron chi connectivity index (χ3n) is 13.3. The number of nitrogens with zero attached hydrogens (tertiary/aromatic N) is 1. The third-order valence-corrected chi connectivity index (χ3v) is 13.3. The highest BCUT2D eigenvalue weighted by Crippen LogP contribution is 2.54. The topological polar surface area (TPSA) is 3.24 Å². The normalized spacial score (nSPS) is 14.4. The highest BCUT2D eigenvalue weighted by atomic mass is 15.1. The molecule has 61 heavy (non-hydrogen) atoms. The van der Waals surface area contributed by atoms with Crippen molar-refractivity contribution in [2.75, 3.05) is 4.90 Å². The van der Waals surface area contributed by atoms with E-state index in [1.807, 2.05) is 0 Å². The Labute approximate surface area is 356 Å². The Balaban J connectivity index is 1.17. The minimum absolute atomic E-state index is 0.280. The van der Waals surface area contributed by atoms with E-state index in [-0.39, 0.29) is 5.41 Å². The zero-order valence-corrected chi connectivity index (χ0v) is 33.9. The van der Waals surface area contributed by atoms with Crippen LogP contribution in [0.5, 0.6) is 0 Å². The first-order valence-corrected chi connectivity index (χ1v) is 21.3. The molecule has 0 radical (unpaired) electrons. The van der Waals surface area contributed by atoms with Crippen LogP contribution in [0.3, 0.4) is 0 Å². The average molecular weight is 776 g/mol. The summed E-state index contributed by atoms with van der Waals surface area (Å²) < 4.78 is 0. The first kappa shape index (κ1) is 35.2. The van der Waals surface area contributed by atoms with Gasteiger partial charge in [-0.3, -0.25) is 0 Å². The van der Waals surface area contributed by atoms with Crippen LogP contribution in [0.25, 0.3) is 76.5 Å². The Bertz CT molecular complexity index is 3480. The SMILES string of the molecule is CC1(c2ccccc2)c2ccccc2-c2cc(N(c3ccc4c(c3)c(-c3ccccc3)c(-c3ccccc3)c3ccccc34)c3cccc4c3ccc3ccccc34)ccc21. The standard InChI is InChI=1S/C60H41N/c1-60(43-23-9-4-10-24-43)55-30-16-15-27-50(55)53-38-45(34-37-56(53)60)61(57-31-17-29-47-46-25-12-11-18-40(46)32-35-51(47)57)44-33-36-49-48-26-13-14-28-52(48)58(41-19-5-2-6-20-41)59(54(49)39-44)42-21-7-3-8-22-42/h2-39H,1H3. The van der Waals surface area contributed by atoms with Crippen LogP contribution in [0.15, 0.2) is 231 Å². The van der Waals surface area contributed by atoms with Gasteiger partial charge in [0.05, 0.1) is 5.69 Å². The number of benzene rings is 11. The summed E-state index contributed by atoms with van der Waals surface area (Å²) in [5.41, 5.74) is 14.5. The van der Waals surface area contributed by atoms with E-state index in [0.717, 1.165) is 17.1 Å². The van der Waals surface area contributed by atoms with Crippen molar-refractivity contribution in [3.8, 4) is 33.4 Å². The van der Waals surface area contributed by atoms with E-state index in [0.29, 0.717) is 0 Å². The van der Waals surface area contributed by atoms with E-state index >= 15 is 0 Å². The molecule has 0 N–H and O–H groups in total. The molecule has 0 saturated carbocycles. The predicted octanol–water partition coefficient (Wildman–Crippen LogP) is 16.4. The molecule has 1 atom stereocenters. The molecule has 1 nitrogen and oxygen atoms in total. The van der Waals surface area contributed by atoms with Gasteiger partial charge in [0.2, 0.25) is 0 Å². The van der Waals surface area contributed by atoms with Crippen molar-refractivity contribution in [2.45, 2.75) is 12.3 Å². The van der Waals surface area contributed by atoms with Gasteiger partial charge in [-0.05, 0) is 125 Å². The van der Waals surface area contributed by atoms with Gasteiger partial charge in [-0.15, -0.1) is 0 Å². The molecule has 12 rings (SSSR count). The Morgan fingerprint density at radius 2 is 0.852 bits per heavy atom. The van der Waals surface area contributed by atoms with Crippen LogP contribution in [0.2, 0.25) is 0 Å². The molecule has 0 aliphatic heterocycles. The predicted molar refractivity (Wildman–Crippen MR) is 259 cm³/mol. The monoisotopic (exact) mass is 775 g/mol. The molecule has 0 amide bonds. The quantitative estimate of drug-likeness (QED) is 0.152. The lowest BCUT2D eigenvalue weighted by Gasteiger charge is -2.30. The molecule has 1 aliphatic carbocycles. The number of hydrogen-bond acceptors (Lipinski definition) is 1. The Morgan fingerprint density at radius 3 is 1.62 bits per heavy atom. The van der Waals surface area contributed by atoms with Crippen molar-refractivity contribution < 1.29 is 0 Å². The van der Waals surface area contributed by atoms with E-state index < -0.39 is 0 Å². The number of anilines is 3. The smallest absolute Gasteiger partial charge is 0.0540 e. The van der Waals surface area contributed by atoms with Gasteiger partial charge in [0.1, 0.15) is 0 Å². The lowest BCUT2D eigenvalue weighted by atomic mass is 9.74. The molecule has 0 spiro atoms. The number of fused-ring (bicyclic) bond motifs is 9. The van der Waals surface area contributed by atoms with Gasteiger partial charge in [-0.2, -0.15) is 0 Å². The van der Waals surface area contributed by atoms with Gasteiger partial charge in [-0.1, -0.05) is 200 Å². The minimum atomic E-state index is -0.280. The molecule has 11 aromatic carbocycles. The van der Waals surface area contributed by atoms with Crippen molar-refractivity contribution in [2.24, 2.45) is 0 Å². The summed E-state index contributed by atoms with van der Waals surface area (Å²) in [7, 11) is 0. The fourth-order valence-corrected chi connectivity index (χ4v) is 10.5. The molecule has 1 aliphatic rings. The lowest BCUT2D eigenvalue weighted by Crippen LogP contribution is -2.22. The second-order valence-electron chi connectivity index (χ2n) is 16.5. The van der Waals surface area contributed by atoms with Crippen molar-refractivity contribution in [1.82, 2.24) is 0 Å². The van der Waals surface area contributed by atoms with Crippen LogP contribution in [-0.2, 0) is 5.41 Å². The third kappa shape index (κ3) is 5.41. The van der Waals surface area contributed by atoms with E-state index in [1.165, 1.54) is 93.2 Å². The van der Waals surface area contributed by atoms with Crippen molar-refractivity contribution in [3.05, 3.63) is 247 Å². The molecule has 286 valence electrons. The van der Waals surface area contributed by atoms with Gasteiger partial charge in [0.15, 0.2) is 0 Å². The number of hydrogen-bond donors (Lipinski definition) is 0. The molecular formula is C60H41N. The fraction of sp³-hybridized carbons (Fsp3) is 0.0333. The van der Waals surface area contributed by atoms with Gasteiger partial charge < -0.3 is 4.90 Å². The maximum absolute atomic E-state index is 2.50. The lowest BCUT2D eigenvalue weighted by molar-refractivity contribution is 0.714. The van der Waals surface area contributed by atoms with Gasteiger partial charge >= 0.3 is 0 Å². The Morgan fingerprint density at radius 1 is 0.328 bits per heavy atom. The van der Waals surface area contributed by atoms with E-state index in [1.54, 1.807) is 0 Å². The largest absolute Gasteiger partial charge is 0.310 e. The van der Waals surface area contributed by atoms with E-state index in [9.17, 15) is 0 Å². The van der Waals surface area contributed by atoms with Gasteiger partial charge in [0.25, 0.3) is 0 Å². The van der Waals surface area contributed by atoms with Crippen LogP contribution in [0.4, 0.5) is 17.1 Å². The molecule has 11 aromatic rings. The second-order valence-corrected chi connectivity index (χ2v) is 16.5. The summed E-state index contributed by atoms with van der Waals surface area (Å²) in [6.07, 6.45) is 0. The fourth-order valence-electron chi connectivity index (χ4n) is 10.5. The van der Waals surface area contributed by atoms with Gasteiger partial charge in [-0.25, -0.2) is 0 Å². The minimum Gasteiger partial charge on any atom is -0.310 e. The zero-order valence-electron chi connectivity index (χ0n) is 33.9. The molecule has 1 unspecified atom stereocenters.